The maximum atomic E-state index is 12.2. The topological polar surface area (TPSA) is 55.1 Å². The van der Waals surface area contributed by atoms with Gasteiger partial charge in [0.2, 0.25) is 5.91 Å². The van der Waals surface area contributed by atoms with Crippen molar-refractivity contribution in [2.45, 2.75) is 58.4 Å². The van der Waals surface area contributed by atoms with Crippen LogP contribution < -0.4 is 5.32 Å². The van der Waals surface area contributed by atoms with Gasteiger partial charge in [0.25, 0.3) is 0 Å². The first-order valence-electron chi connectivity index (χ1n) is 9.43. The molecule has 4 nitrogen and oxygen atoms in total. The maximum Gasteiger partial charge on any atom is 0.220 e. The summed E-state index contributed by atoms with van der Waals surface area (Å²) in [4.78, 5) is 16.5. The minimum Gasteiger partial charge on any atom is -0.441 e. The quantitative estimate of drug-likeness (QED) is 0.836. The van der Waals surface area contributed by atoms with Crippen LogP contribution >= 0.6 is 0 Å². The second-order valence-corrected chi connectivity index (χ2v) is 7.28. The third-order valence-electron chi connectivity index (χ3n) is 5.46. The lowest BCUT2D eigenvalue weighted by molar-refractivity contribution is -0.122. The van der Waals surface area contributed by atoms with Crippen LogP contribution in [0.3, 0.4) is 0 Å². The van der Waals surface area contributed by atoms with Crippen LogP contribution in [0.1, 0.15) is 51.8 Å². The summed E-state index contributed by atoms with van der Waals surface area (Å²) < 4.78 is 5.79. The third-order valence-corrected chi connectivity index (χ3v) is 5.46. The molecule has 4 heteroatoms. The average Bonchev–Trinajstić information content (AvgIpc) is 3.09. The predicted molar refractivity (Wildman–Crippen MR) is 99.0 cm³/mol. The van der Waals surface area contributed by atoms with E-state index < -0.39 is 0 Å². The molecule has 134 valence electrons. The van der Waals surface area contributed by atoms with Gasteiger partial charge in [-0.15, -0.1) is 0 Å². The van der Waals surface area contributed by atoms with Gasteiger partial charge < -0.3 is 9.73 Å². The number of amides is 1. The van der Waals surface area contributed by atoms with Gasteiger partial charge in [-0.25, -0.2) is 4.98 Å². The highest BCUT2D eigenvalue weighted by Crippen LogP contribution is 2.29. The molecule has 0 aliphatic heterocycles. The van der Waals surface area contributed by atoms with Crippen LogP contribution in [0.25, 0.3) is 11.3 Å². The number of aryl methyl sites for hydroxylation is 1. The Morgan fingerprint density at radius 2 is 2.04 bits per heavy atom. The monoisotopic (exact) mass is 340 g/mol. The number of carbonyl (C=O) groups excluding carboxylic acids is 1. The van der Waals surface area contributed by atoms with Crippen LogP contribution in [0.4, 0.5) is 0 Å². The lowest BCUT2D eigenvalue weighted by Crippen LogP contribution is -2.43. The summed E-state index contributed by atoms with van der Waals surface area (Å²) in [7, 11) is 0. The number of hydrogen-bond acceptors (Lipinski definition) is 3. The molecule has 1 heterocycles. The van der Waals surface area contributed by atoms with Crippen LogP contribution in [0.2, 0.25) is 0 Å². The van der Waals surface area contributed by atoms with Crippen LogP contribution in [0.15, 0.2) is 40.9 Å². The van der Waals surface area contributed by atoms with Gasteiger partial charge in [-0.2, -0.15) is 0 Å². The number of benzene rings is 1. The van der Waals surface area contributed by atoms with Crippen molar-refractivity contribution in [2.75, 3.05) is 0 Å². The van der Waals surface area contributed by atoms with Gasteiger partial charge >= 0.3 is 0 Å². The number of nitrogens with zero attached hydrogens (tertiary/aromatic N) is 1. The number of hydrogen-bond donors (Lipinski definition) is 1. The van der Waals surface area contributed by atoms with E-state index in [4.69, 9.17) is 4.42 Å². The van der Waals surface area contributed by atoms with E-state index in [9.17, 15) is 4.79 Å². The molecule has 0 unspecified atom stereocenters. The minimum absolute atomic E-state index is 0.154. The second kappa shape index (κ2) is 8.32. The number of carbonyl (C=O) groups is 1. The first-order valence-corrected chi connectivity index (χ1v) is 9.43. The Balaban J connectivity index is 1.44. The molecule has 0 saturated heterocycles. The summed E-state index contributed by atoms with van der Waals surface area (Å²) in [6, 6.07) is 10.3. The van der Waals surface area contributed by atoms with E-state index in [2.05, 4.69) is 24.1 Å². The summed E-state index contributed by atoms with van der Waals surface area (Å²) in [5, 5.41) is 3.23. The smallest absolute Gasteiger partial charge is 0.220 e. The molecule has 1 saturated carbocycles. The van der Waals surface area contributed by atoms with E-state index in [0.29, 0.717) is 36.6 Å². The van der Waals surface area contributed by atoms with Crippen molar-refractivity contribution < 1.29 is 9.21 Å². The number of nitrogens with one attached hydrogen (secondary N) is 1. The lowest BCUT2D eigenvalue weighted by Gasteiger charge is -2.34. The number of rotatable bonds is 6. The van der Waals surface area contributed by atoms with Crippen LogP contribution in [0, 0.1) is 11.8 Å². The standard InChI is InChI=1S/C21H28N2O2/c1-15-8-6-11-18(16(15)2)23-20(24)12-7-13-21-22-14-19(25-21)17-9-4-3-5-10-17/h3-5,9-10,14-16,18H,6-8,11-13H2,1-2H3,(H,23,24)/t15-,16+,18-/m1/s1. The van der Waals surface area contributed by atoms with E-state index in [1.165, 1.54) is 12.8 Å². The van der Waals surface area contributed by atoms with Gasteiger partial charge in [0, 0.05) is 24.4 Å². The van der Waals surface area contributed by atoms with Crippen molar-refractivity contribution in [3.63, 3.8) is 0 Å². The molecule has 0 bridgehead atoms. The fourth-order valence-corrected chi connectivity index (χ4v) is 3.63. The summed E-state index contributed by atoms with van der Waals surface area (Å²) in [6.07, 6.45) is 7.35. The molecule has 1 aliphatic carbocycles. The lowest BCUT2D eigenvalue weighted by atomic mass is 9.78. The van der Waals surface area contributed by atoms with Crippen molar-refractivity contribution in [3.05, 3.63) is 42.4 Å². The average molecular weight is 340 g/mol. The molecule has 25 heavy (non-hydrogen) atoms. The zero-order valence-electron chi connectivity index (χ0n) is 15.2. The molecule has 1 fully saturated rings. The summed E-state index contributed by atoms with van der Waals surface area (Å²) >= 11 is 0. The molecule has 1 N–H and O–H groups in total. The van der Waals surface area contributed by atoms with Crippen LogP contribution in [-0.4, -0.2) is 16.9 Å². The van der Waals surface area contributed by atoms with Gasteiger partial charge in [-0.1, -0.05) is 57.0 Å². The SMILES string of the molecule is C[C@H]1[C@H](C)CCC[C@H]1NC(=O)CCCc1ncc(-c2ccccc2)o1. The van der Waals surface area contributed by atoms with Gasteiger partial charge in [0.1, 0.15) is 0 Å². The van der Waals surface area contributed by atoms with Crippen molar-refractivity contribution >= 4 is 5.91 Å². The summed E-state index contributed by atoms with van der Waals surface area (Å²) in [6.45, 7) is 4.54. The number of oxazole rings is 1. The van der Waals surface area contributed by atoms with Crippen LogP contribution in [-0.2, 0) is 11.2 Å². The maximum absolute atomic E-state index is 12.2. The molecular formula is C21H28N2O2. The zero-order valence-corrected chi connectivity index (χ0v) is 15.2. The second-order valence-electron chi connectivity index (χ2n) is 7.28. The van der Waals surface area contributed by atoms with Crippen molar-refractivity contribution in [1.29, 1.82) is 0 Å². The summed E-state index contributed by atoms with van der Waals surface area (Å²) in [5.41, 5.74) is 1.03. The van der Waals surface area contributed by atoms with E-state index >= 15 is 0 Å². The van der Waals surface area contributed by atoms with Gasteiger partial charge in [0.05, 0.1) is 6.20 Å². The van der Waals surface area contributed by atoms with Gasteiger partial charge in [-0.3, -0.25) is 4.79 Å². The molecule has 0 spiro atoms. The van der Waals surface area contributed by atoms with Crippen molar-refractivity contribution in [2.24, 2.45) is 11.8 Å². The Bertz CT molecular complexity index is 680. The van der Waals surface area contributed by atoms with E-state index in [1.54, 1.807) is 6.20 Å². The number of aromatic nitrogens is 1. The highest BCUT2D eigenvalue weighted by Gasteiger charge is 2.27. The highest BCUT2D eigenvalue weighted by molar-refractivity contribution is 5.76. The van der Waals surface area contributed by atoms with E-state index in [1.807, 2.05) is 30.3 Å². The Morgan fingerprint density at radius 3 is 2.84 bits per heavy atom. The molecule has 1 aliphatic rings. The zero-order chi connectivity index (χ0) is 17.6. The molecule has 2 aromatic rings. The van der Waals surface area contributed by atoms with E-state index in [-0.39, 0.29) is 5.91 Å². The van der Waals surface area contributed by atoms with E-state index in [0.717, 1.165) is 24.2 Å². The first kappa shape index (κ1) is 17.7. The highest BCUT2D eigenvalue weighted by atomic mass is 16.4. The molecule has 3 rings (SSSR count). The van der Waals surface area contributed by atoms with Gasteiger partial charge in [0.15, 0.2) is 11.7 Å². The fraction of sp³-hybridized carbons (Fsp3) is 0.524. The Hall–Kier alpha value is -2.10. The normalized spacial score (nSPS) is 23.4. The van der Waals surface area contributed by atoms with Gasteiger partial charge in [-0.05, 0) is 24.7 Å². The third kappa shape index (κ3) is 4.71. The largest absolute Gasteiger partial charge is 0.441 e. The Kier molecular flexibility index (Phi) is 5.90. The molecule has 0 radical (unpaired) electrons. The van der Waals surface area contributed by atoms with Crippen LogP contribution in [0.5, 0.6) is 0 Å². The Labute approximate surface area is 150 Å². The molecular weight excluding hydrogens is 312 g/mol. The Morgan fingerprint density at radius 1 is 1.24 bits per heavy atom. The van der Waals surface area contributed by atoms with Crippen molar-refractivity contribution in [3.8, 4) is 11.3 Å². The molecule has 1 aromatic carbocycles. The predicted octanol–water partition coefficient (Wildman–Crippen LogP) is 4.61. The summed E-state index contributed by atoms with van der Waals surface area (Å²) in [5.74, 6) is 2.90. The fourth-order valence-electron chi connectivity index (χ4n) is 3.63. The van der Waals surface area contributed by atoms with Crippen molar-refractivity contribution in [1.82, 2.24) is 10.3 Å². The minimum atomic E-state index is 0.154. The molecule has 1 amide bonds. The first-order chi connectivity index (χ1) is 12.1. The molecule has 3 atom stereocenters. The molecule has 1 aromatic heterocycles.